The number of nitrogens with zero attached hydrogens (tertiary/aromatic N) is 4. The highest BCUT2D eigenvalue weighted by atomic mass is 16.5. The first kappa shape index (κ1) is 17.4. The zero-order chi connectivity index (χ0) is 18.4. The van der Waals surface area contributed by atoms with E-state index < -0.39 is 5.97 Å². The molecule has 2 N–H and O–H groups in total. The standard InChI is InChI=1S/C18H17N5O3/c1-26-11-16(13-4-2-3-7-19-13)23-18-21-9-6-14(22-18)15-10-12(17(24)25)5-8-20-15/h2-10,16H,11H2,1H3,(H,24,25)(H,21,22,23)/t16-/m0/s1. The maximum Gasteiger partial charge on any atom is 0.335 e. The van der Waals surface area contributed by atoms with Gasteiger partial charge in [-0.05, 0) is 30.3 Å². The third kappa shape index (κ3) is 4.17. The lowest BCUT2D eigenvalue weighted by atomic mass is 10.2. The Morgan fingerprint density at radius 2 is 1.96 bits per heavy atom. The van der Waals surface area contributed by atoms with E-state index in [1.54, 1.807) is 25.6 Å². The zero-order valence-corrected chi connectivity index (χ0v) is 14.0. The van der Waals surface area contributed by atoms with Crippen LogP contribution < -0.4 is 5.32 Å². The highest BCUT2D eigenvalue weighted by Gasteiger charge is 2.15. The molecular weight excluding hydrogens is 334 g/mol. The fraction of sp³-hybridized carbons (Fsp3) is 0.167. The van der Waals surface area contributed by atoms with E-state index >= 15 is 0 Å². The summed E-state index contributed by atoms with van der Waals surface area (Å²) in [7, 11) is 1.61. The Bertz CT molecular complexity index is 889. The molecule has 0 unspecified atom stereocenters. The molecule has 3 aromatic heterocycles. The third-order valence-electron chi connectivity index (χ3n) is 3.61. The molecule has 0 saturated carbocycles. The van der Waals surface area contributed by atoms with E-state index in [4.69, 9.17) is 9.84 Å². The number of pyridine rings is 2. The average molecular weight is 351 g/mol. The topological polar surface area (TPSA) is 110 Å². The number of ether oxygens (including phenoxy) is 1. The summed E-state index contributed by atoms with van der Waals surface area (Å²) < 4.78 is 5.25. The normalized spacial score (nSPS) is 11.7. The molecular formula is C18H17N5O3. The van der Waals surface area contributed by atoms with Gasteiger partial charge in [0.1, 0.15) is 0 Å². The summed E-state index contributed by atoms with van der Waals surface area (Å²) in [6, 6.07) is 9.97. The molecule has 3 heterocycles. The molecule has 0 radical (unpaired) electrons. The van der Waals surface area contributed by atoms with Crippen molar-refractivity contribution in [3.05, 3.63) is 66.2 Å². The summed E-state index contributed by atoms with van der Waals surface area (Å²) in [5.41, 5.74) is 1.92. The van der Waals surface area contributed by atoms with Crippen molar-refractivity contribution in [1.82, 2.24) is 19.9 Å². The van der Waals surface area contributed by atoms with Crippen LogP contribution in [0.3, 0.4) is 0 Å². The molecule has 8 nitrogen and oxygen atoms in total. The van der Waals surface area contributed by atoms with E-state index in [0.717, 1.165) is 5.69 Å². The van der Waals surface area contributed by atoms with Gasteiger partial charge in [-0.2, -0.15) is 0 Å². The molecule has 0 fully saturated rings. The molecule has 3 rings (SSSR count). The lowest BCUT2D eigenvalue weighted by molar-refractivity contribution is 0.0697. The van der Waals surface area contributed by atoms with Crippen LogP contribution in [-0.2, 0) is 4.74 Å². The number of carbonyl (C=O) groups is 1. The zero-order valence-electron chi connectivity index (χ0n) is 14.0. The first-order valence-corrected chi connectivity index (χ1v) is 7.86. The molecule has 0 aromatic carbocycles. The number of rotatable bonds is 7. The van der Waals surface area contributed by atoms with Crippen molar-refractivity contribution < 1.29 is 14.6 Å². The minimum atomic E-state index is -1.02. The van der Waals surface area contributed by atoms with Crippen LogP contribution in [0.5, 0.6) is 0 Å². The summed E-state index contributed by atoms with van der Waals surface area (Å²) in [6.45, 7) is 0.386. The van der Waals surface area contributed by atoms with Gasteiger partial charge < -0.3 is 15.2 Å². The molecule has 8 heteroatoms. The number of aromatic carboxylic acids is 1. The molecule has 0 aliphatic carbocycles. The van der Waals surface area contributed by atoms with Crippen LogP contribution in [0.1, 0.15) is 22.1 Å². The van der Waals surface area contributed by atoms with Crippen LogP contribution in [0.15, 0.2) is 55.0 Å². The maximum absolute atomic E-state index is 11.1. The number of aromatic nitrogens is 4. The first-order valence-electron chi connectivity index (χ1n) is 7.86. The number of hydrogen-bond acceptors (Lipinski definition) is 7. The van der Waals surface area contributed by atoms with E-state index in [0.29, 0.717) is 23.9 Å². The molecule has 0 aliphatic heterocycles. The average Bonchev–Trinajstić information content (AvgIpc) is 2.69. The molecule has 1 atom stereocenters. The van der Waals surface area contributed by atoms with E-state index in [1.165, 1.54) is 18.3 Å². The maximum atomic E-state index is 11.1. The first-order chi connectivity index (χ1) is 12.7. The molecule has 0 aliphatic rings. The Morgan fingerprint density at radius 3 is 2.69 bits per heavy atom. The van der Waals surface area contributed by atoms with Crippen molar-refractivity contribution >= 4 is 11.9 Å². The fourth-order valence-corrected chi connectivity index (χ4v) is 2.38. The van der Waals surface area contributed by atoms with E-state index in [-0.39, 0.29) is 11.6 Å². The summed E-state index contributed by atoms with van der Waals surface area (Å²) in [5, 5.41) is 12.3. The van der Waals surface area contributed by atoms with E-state index in [9.17, 15) is 4.79 Å². The number of carboxylic acids is 1. The van der Waals surface area contributed by atoms with Gasteiger partial charge in [0.25, 0.3) is 0 Å². The summed E-state index contributed by atoms with van der Waals surface area (Å²) in [4.78, 5) is 28.3. The van der Waals surface area contributed by atoms with Crippen LogP contribution in [0.2, 0.25) is 0 Å². The van der Waals surface area contributed by atoms with Crippen molar-refractivity contribution in [1.29, 1.82) is 0 Å². The number of hydrogen-bond donors (Lipinski definition) is 2. The number of carboxylic acid groups (broad SMARTS) is 1. The lowest BCUT2D eigenvalue weighted by Crippen LogP contribution is -2.19. The Kier molecular flexibility index (Phi) is 5.45. The van der Waals surface area contributed by atoms with E-state index in [2.05, 4.69) is 25.3 Å². The molecule has 0 saturated heterocycles. The highest BCUT2D eigenvalue weighted by Crippen LogP contribution is 2.19. The van der Waals surface area contributed by atoms with Gasteiger partial charge in [-0.3, -0.25) is 9.97 Å². The van der Waals surface area contributed by atoms with Crippen molar-refractivity contribution in [2.75, 3.05) is 19.0 Å². The van der Waals surface area contributed by atoms with Crippen molar-refractivity contribution in [3.8, 4) is 11.4 Å². The quantitative estimate of drug-likeness (QED) is 0.668. The minimum Gasteiger partial charge on any atom is -0.478 e. The number of nitrogens with one attached hydrogen (secondary N) is 1. The Balaban J connectivity index is 1.87. The largest absolute Gasteiger partial charge is 0.478 e. The minimum absolute atomic E-state index is 0.147. The molecule has 0 amide bonds. The van der Waals surface area contributed by atoms with Gasteiger partial charge in [-0.15, -0.1) is 0 Å². The van der Waals surface area contributed by atoms with Gasteiger partial charge >= 0.3 is 5.97 Å². The second-order valence-corrected chi connectivity index (χ2v) is 5.41. The van der Waals surface area contributed by atoms with Gasteiger partial charge in [0, 0.05) is 25.7 Å². The van der Waals surface area contributed by atoms with Crippen molar-refractivity contribution in [3.63, 3.8) is 0 Å². The van der Waals surface area contributed by atoms with Crippen LogP contribution in [0.4, 0.5) is 5.95 Å². The number of methoxy groups -OCH3 is 1. The summed E-state index contributed by atoms with van der Waals surface area (Å²) >= 11 is 0. The predicted octanol–water partition coefficient (Wildman–Crippen LogP) is 2.43. The Morgan fingerprint density at radius 1 is 1.12 bits per heavy atom. The fourth-order valence-electron chi connectivity index (χ4n) is 2.38. The second kappa shape index (κ2) is 8.13. The van der Waals surface area contributed by atoms with Gasteiger partial charge in [-0.1, -0.05) is 6.07 Å². The van der Waals surface area contributed by atoms with Crippen LogP contribution >= 0.6 is 0 Å². The van der Waals surface area contributed by atoms with Crippen molar-refractivity contribution in [2.24, 2.45) is 0 Å². The van der Waals surface area contributed by atoms with Gasteiger partial charge in [-0.25, -0.2) is 14.8 Å². The highest BCUT2D eigenvalue weighted by molar-refractivity contribution is 5.88. The molecule has 132 valence electrons. The van der Waals surface area contributed by atoms with Gasteiger partial charge in [0.15, 0.2) is 0 Å². The predicted molar refractivity (Wildman–Crippen MR) is 94.7 cm³/mol. The van der Waals surface area contributed by atoms with Gasteiger partial charge in [0.2, 0.25) is 5.95 Å². The summed E-state index contributed by atoms with van der Waals surface area (Å²) in [5.74, 6) is -0.644. The van der Waals surface area contributed by atoms with Crippen molar-refractivity contribution in [2.45, 2.75) is 6.04 Å². The molecule has 0 bridgehead atoms. The Hall–Kier alpha value is -3.39. The van der Waals surface area contributed by atoms with Gasteiger partial charge in [0.05, 0.1) is 35.3 Å². The number of anilines is 1. The SMILES string of the molecule is COC[C@H](Nc1nccc(-c2cc(C(=O)O)ccn2)n1)c1ccccn1. The molecule has 0 spiro atoms. The second-order valence-electron chi connectivity index (χ2n) is 5.41. The Labute approximate surface area is 150 Å². The lowest BCUT2D eigenvalue weighted by Gasteiger charge is -2.17. The molecule has 3 aromatic rings. The molecule has 26 heavy (non-hydrogen) atoms. The smallest absolute Gasteiger partial charge is 0.335 e. The van der Waals surface area contributed by atoms with Crippen LogP contribution in [-0.4, -0.2) is 44.7 Å². The third-order valence-corrected chi connectivity index (χ3v) is 3.61. The van der Waals surface area contributed by atoms with E-state index in [1.807, 2.05) is 18.2 Å². The summed E-state index contributed by atoms with van der Waals surface area (Å²) in [6.07, 6.45) is 4.73. The van der Waals surface area contributed by atoms with Crippen LogP contribution in [0.25, 0.3) is 11.4 Å². The monoisotopic (exact) mass is 351 g/mol. The van der Waals surface area contributed by atoms with Crippen LogP contribution in [0, 0.1) is 0 Å².